The molecule has 0 aliphatic carbocycles. The monoisotopic (exact) mass is 488 g/mol. The van der Waals surface area contributed by atoms with E-state index in [1.807, 2.05) is 52.8 Å². The second-order valence-electron chi connectivity index (χ2n) is 6.62. The first-order valence-corrected chi connectivity index (χ1v) is 11.2. The van der Waals surface area contributed by atoms with Crippen molar-refractivity contribution >= 4 is 36.4 Å². The Morgan fingerprint density at radius 3 is 1.61 bits per heavy atom. The molecule has 0 aliphatic heterocycles. The fourth-order valence-corrected chi connectivity index (χ4v) is 4.20. The molecule has 5 aromatic heterocycles. The average molecular weight is 489 g/mol. The Kier molecular flexibility index (Phi) is 6.02. The van der Waals surface area contributed by atoms with Crippen LogP contribution in [0.5, 0.6) is 0 Å². The van der Waals surface area contributed by atoms with Crippen LogP contribution >= 0.6 is 36.4 Å². The third-order valence-corrected chi connectivity index (χ3v) is 5.63. The Balaban J connectivity index is 1.52. The van der Waals surface area contributed by atoms with Crippen LogP contribution in [0.25, 0.3) is 34.2 Å². The lowest BCUT2D eigenvalue weighted by Gasteiger charge is -2.07. The summed E-state index contributed by atoms with van der Waals surface area (Å²) in [6, 6.07) is 11.3. The number of nitrogens with zero attached hydrogens (tertiary/aromatic N) is 7. The van der Waals surface area contributed by atoms with Crippen molar-refractivity contribution in [1.29, 1.82) is 0 Å². The van der Waals surface area contributed by atoms with E-state index >= 15 is 0 Å². The summed E-state index contributed by atoms with van der Waals surface area (Å²) in [6.45, 7) is 0. The summed E-state index contributed by atoms with van der Waals surface area (Å²) in [6.07, 6.45) is 10.6. The van der Waals surface area contributed by atoms with Gasteiger partial charge in [-0.05, 0) is 48.7 Å². The lowest BCUT2D eigenvalue weighted by Crippen LogP contribution is -2.24. The molecule has 5 aromatic rings. The van der Waals surface area contributed by atoms with Gasteiger partial charge in [0, 0.05) is 53.6 Å². The second kappa shape index (κ2) is 9.40. The first-order valence-electron chi connectivity index (χ1n) is 9.62. The van der Waals surface area contributed by atoms with E-state index in [-0.39, 0.29) is 0 Å². The van der Waals surface area contributed by atoms with Crippen LogP contribution in [0.1, 0.15) is 0 Å². The molecule has 5 rings (SSSR count). The summed E-state index contributed by atoms with van der Waals surface area (Å²) < 4.78 is 2.63. The van der Waals surface area contributed by atoms with Gasteiger partial charge in [-0.15, -0.1) is 3.97 Å². The first kappa shape index (κ1) is 21.1. The highest BCUT2D eigenvalue weighted by molar-refractivity contribution is 7.92. The third kappa shape index (κ3) is 5.03. The van der Waals surface area contributed by atoms with E-state index in [1.165, 1.54) is 11.9 Å². The largest absolute Gasteiger partial charge is 0.308 e. The van der Waals surface area contributed by atoms with E-state index in [1.54, 1.807) is 24.8 Å². The molecular weight excluding hydrogens is 474 g/mol. The van der Waals surface area contributed by atoms with Gasteiger partial charge in [0.25, 0.3) is 0 Å². The molecule has 0 aliphatic rings. The van der Waals surface area contributed by atoms with Gasteiger partial charge in [0.1, 0.15) is 0 Å². The maximum atomic E-state index is 5.12. The minimum absolute atomic E-state index is 0.330. The van der Waals surface area contributed by atoms with Crippen molar-refractivity contribution < 1.29 is 3.97 Å². The predicted octanol–water partition coefficient (Wildman–Crippen LogP) is 4.02. The van der Waals surface area contributed by atoms with Gasteiger partial charge in [0.05, 0.1) is 0 Å². The smallest absolute Gasteiger partial charge is 0.242 e. The van der Waals surface area contributed by atoms with Crippen molar-refractivity contribution in [3.05, 3.63) is 83.1 Å². The van der Waals surface area contributed by atoms with E-state index in [0.29, 0.717) is 32.2 Å². The van der Waals surface area contributed by atoms with E-state index < -0.39 is 0 Å². The van der Waals surface area contributed by atoms with Crippen LogP contribution in [0.2, 0.25) is 0 Å². The predicted molar refractivity (Wildman–Crippen MR) is 128 cm³/mol. The minimum atomic E-state index is 0.330. The third-order valence-electron chi connectivity index (χ3n) is 4.41. The molecule has 0 spiro atoms. The van der Waals surface area contributed by atoms with Crippen molar-refractivity contribution in [3.63, 3.8) is 0 Å². The number of H-pyrrole nitrogens is 2. The Hall–Kier alpha value is -3.74. The standard InChI is InChI=1S/C21H13N9S3/c31-19-27-20(32)29-21(28-19)33-30-11-5-15(6-12-30)18-25-16(13-1-7-22-8-2-13)24-17(26-18)14-3-9-23-10-4-14/h1-12H,(H-,27,28,29,31,32)/p+1. The number of rotatable bonds is 5. The van der Waals surface area contributed by atoms with Crippen LogP contribution in [0, 0.1) is 9.54 Å². The minimum Gasteiger partial charge on any atom is -0.308 e. The van der Waals surface area contributed by atoms with Crippen LogP contribution in [-0.4, -0.2) is 39.9 Å². The highest BCUT2D eigenvalue weighted by Gasteiger charge is 2.14. The summed E-state index contributed by atoms with van der Waals surface area (Å²) in [7, 11) is 0. The molecule has 0 aromatic carbocycles. The molecule has 0 fully saturated rings. The fraction of sp³-hybridized carbons (Fsp3) is 0. The van der Waals surface area contributed by atoms with Crippen molar-refractivity contribution in [3.8, 4) is 34.2 Å². The maximum Gasteiger partial charge on any atom is 0.242 e. The highest BCUT2D eigenvalue weighted by Crippen LogP contribution is 2.23. The van der Waals surface area contributed by atoms with Gasteiger partial charge >= 0.3 is 0 Å². The number of hydrogen-bond donors (Lipinski definition) is 2. The van der Waals surface area contributed by atoms with Gasteiger partial charge in [-0.2, -0.15) is 4.98 Å². The summed E-state index contributed by atoms with van der Waals surface area (Å²) in [5.41, 5.74) is 2.55. The van der Waals surface area contributed by atoms with Gasteiger partial charge in [0.15, 0.2) is 34.6 Å². The molecule has 33 heavy (non-hydrogen) atoms. The highest BCUT2D eigenvalue weighted by atomic mass is 32.2. The van der Waals surface area contributed by atoms with Gasteiger partial charge < -0.3 is 9.97 Å². The molecule has 0 saturated heterocycles. The van der Waals surface area contributed by atoms with Crippen LogP contribution in [-0.2, 0) is 0 Å². The molecule has 160 valence electrons. The van der Waals surface area contributed by atoms with E-state index in [9.17, 15) is 0 Å². The Morgan fingerprint density at radius 1 is 0.636 bits per heavy atom. The van der Waals surface area contributed by atoms with Gasteiger partial charge in [-0.3, -0.25) is 9.97 Å². The maximum absolute atomic E-state index is 5.12. The lowest BCUT2D eigenvalue weighted by atomic mass is 10.2. The topological polar surface area (TPSA) is 113 Å². The van der Waals surface area contributed by atoms with Crippen LogP contribution in [0.3, 0.4) is 0 Å². The number of pyridine rings is 3. The molecule has 12 heteroatoms. The number of hydrogen-bond acceptors (Lipinski definition) is 9. The molecule has 0 unspecified atom stereocenters. The molecular formula is C21H14N9S3+. The van der Waals surface area contributed by atoms with Crippen molar-refractivity contribution in [2.75, 3.05) is 0 Å². The summed E-state index contributed by atoms with van der Waals surface area (Å²) in [5.74, 6) is 1.69. The number of nitrogens with one attached hydrogen (secondary N) is 2. The molecule has 0 saturated carbocycles. The van der Waals surface area contributed by atoms with Crippen LogP contribution in [0.15, 0.2) is 78.7 Å². The zero-order chi connectivity index (χ0) is 22.6. The molecule has 0 amide bonds. The Bertz CT molecular complexity index is 1430. The van der Waals surface area contributed by atoms with Crippen molar-refractivity contribution in [1.82, 2.24) is 39.9 Å². The zero-order valence-corrected chi connectivity index (χ0v) is 19.2. The second-order valence-corrected chi connectivity index (χ2v) is 8.40. The Labute approximate surface area is 202 Å². The van der Waals surface area contributed by atoms with E-state index in [0.717, 1.165) is 16.7 Å². The summed E-state index contributed by atoms with van der Waals surface area (Å²) in [5, 5.41) is 0.585. The van der Waals surface area contributed by atoms with E-state index in [4.69, 9.17) is 34.4 Å². The SMILES string of the molecule is S=c1nc(S[n+]2ccc(-c3nc(-c4ccncc4)nc(-c4ccncc4)n3)cc2)[nH]c(=S)[nH]1. The normalized spacial score (nSPS) is 10.8. The summed E-state index contributed by atoms with van der Waals surface area (Å²) >= 11 is 11.6. The molecule has 2 N–H and O–H groups in total. The molecule has 0 bridgehead atoms. The number of aromatic nitrogens is 9. The number of aromatic amines is 2. The quantitative estimate of drug-likeness (QED) is 0.280. The van der Waals surface area contributed by atoms with Crippen molar-refractivity contribution in [2.24, 2.45) is 0 Å². The van der Waals surface area contributed by atoms with Crippen molar-refractivity contribution in [2.45, 2.75) is 5.16 Å². The molecule has 0 radical (unpaired) electrons. The Morgan fingerprint density at radius 2 is 1.12 bits per heavy atom. The molecule has 9 nitrogen and oxygen atoms in total. The van der Waals surface area contributed by atoms with Crippen LogP contribution in [0.4, 0.5) is 0 Å². The fourth-order valence-electron chi connectivity index (χ4n) is 2.90. The first-order chi connectivity index (χ1) is 16.1. The average Bonchev–Trinajstić information content (AvgIpc) is 2.85. The zero-order valence-electron chi connectivity index (χ0n) is 16.8. The molecule has 0 atom stereocenters. The van der Waals surface area contributed by atoms with Gasteiger partial charge in [-0.25, -0.2) is 15.0 Å². The van der Waals surface area contributed by atoms with E-state index in [2.05, 4.69) is 29.9 Å². The molecule has 5 heterocycles. The van der Waals surface area contributed by atoms with Gasteiger partial charge in [0.2, 0.25) is 21.9 Å². The summed E-state index contributed by atoms with van der Waals surface area (Å²) in [4.78, 5) is 32.2. The van der Waals surface area contributed by atoms with Gasteiger partial charge in [-0.1, -0.05) is 0 Å². The van der Waals surface area contributed by atoms with Crippen LogP contribution < -0.4 is 3.97 Å². The lowest BCUT2D eigenvalue weighted by molar-refractivity contribution is -0.494.